The van der Waals surface area contributed by atoms with E-state index in [0.717, 1.165) is 0 Å². The molecule has 0 spiro atoms. The lowest BCUT2D eigenvalue weighted by Crippen LogP contribution is -2.18. The summed E-state index contributed by atoms with van der Waals surface area (Å²) in [5, 5.41) is 1.34. The third kappa shape index (κ3) is 4.54. The maximum absolute atomic E-state index is 12.2. The zero-order valence-corrected chi connectivity index (χ0v) is 16.2. The summed E-state index contributed by atoms with van der Waals surface area (Å²) in [4.78, 5) is 24.3. The van der Waals surface area contributed by atoms with Crippen LogP contribution in [0.2, 0.25) is 0 Å². The van der Waals surface area contributed by atoms with Crippen molar-refractivity contribution in [2.24, 2.45) is 11.8 Å². The molecule has 0 aliphatic heterocycles. The molecule has 0 fully saturated rings. The Hall–Kier alpha value is -2.56. The van der Waals surface area contributed by atoms with E-state index in [2.05, 4.69) is 0 Å². The molecule has 0 N–H and O–H groups in total. The standard InChI is InChI=1S/C21H26O5/c1-12(2)20(22)25-17-11-18(24-14(5)6)19(26-21(23)13(3)4)16-10-8-7-9-15(16)17/h7-14H,1-6H3. The quantitative estimate of drug-likeness (QED) is 0.551. The molecule has 0 saturated heterocycles. The van der Waals surface area contributed by atoms with Gasteiger partial charge in [0, 0.05) is 16.8 Å². The number of hydrogen-bond acceptors (Lipinski definition) is 5. The summed E-state index contributed by atoms with van der Waals surface area (Å²) in [5.41, 5.74) is 0. The molecule has 0 aliphatic rings. The van der Waals surface area contributed by atoms with Crippen molar-refractivity contribution in [2.45, 2.75) is 47.6 Å². The lowest BCUT2D eigenvalue weighted by atomic mass is 10.1. The summed E-state index contributed by atoms with van der Waals surface area (Å²) >= 11 is 0. The molecule has 140 valence electrons. The molecular weight excluding hydrogens is 332 g/mol. The minimum absolute atomic E-state index is 0.138. The van der Waals surface area contributed by atoms with Crippen LogP contribution in [0.3, 0.4) is 0 Å². The van der Waals surface area contributed by atoms with E-state index in [9.17, 15) is 9.59 Å². The number of benzene rings is 2. The maximum Gasteiger partial charge on any atom is 0.313 e. The van der Waals surface area contributed by atoms with Gasteiger partial charge in [0.1, 0.15) is 5.75 Å². The average molecular weight is 358 g/mol. The van der Waals surface area contributed by atoms with E-state index in [1.807, 2.05) is 38.1 Å². The molecule has 26 heavy (non-hydrogen) atoms. The summed E-state index contributed by atoms with van der Waals surface area (Å²) in [5.74, 6) is -0.120. The van der Waals surface area contributed by atoms with Gasteiger partial charge in [-0.25, -0.2) is 0 Å². The van der Waals surface area contributed by atoms with Gasteiger partial charge in [0.05, 0.1) is 17.9 Å². The van der Waals surface area contributed by atoms with E-state index in [-0.39, 0.29) is 29.9 Å². The van der Waals surface area contributed by atoms with Gasteiger partial charge in [-0.1, -0.05) is 52.0 Å². The van der Waals surface area contributed by atoms with Gasteiger partial charge in [-0.2, -0.15) is 0 Å². The predicted molar refractivity (Wildman–Crippen MR) is 101 cm³/mol. The molecule has 0 atom stereocenters. The highest BCUT2D eigenvalue weighted by molar-refractivity contribution is 5.98. The number of esters is 2. The maximum atomic E-state index is 12.2. The van der Waals surface area contributed by atoms with Gasteiger partial charge in [0.2, 0.25) is 0 Å². The van der Waals surface area contributed by atoms with Crippen molar-refractivity contribution in [3.63, 3.8) is 0 Å². The number of fused-ring (bicyclic) bond motifs is 1. The lowest BCUT2D eigenvalue weighted by Gasteiger charge is -2.19. The fourth-order valence-corrected chi connectivity index (χ4v) is 2.27. The second-order valence-corrected chi connectivity index (χ2v) is 7.07. The molecule has 2 aromatic carbocycles. The van der Waals surface area contributed by atoms with Crippen LogP contribution in [0.4, 0.5) is 0 Å². The summed E-state index contributed by atoms with van der Waals surface area (Å²) < 4.78 is 17.0. The van der Waals surface area contributed by atoms with Gasteiger partial charge >= 0.3 is 11.9 Å². The highest BCUT2D eigenvalue weighted by atomic mass is 16.6. The Morgan fingerprint density at radius 1 is 0.769 bits per heavy atom. The monoisotopic (exact) mass is 358 g/mol. The molecule has 5 nitrogen and oxygen atoms in total. The van der Waals surface area contributed by atoms with Crippen LogP contribution in [0.15, 0.2) is 30.3 Å². The molecule has 0 aliphatic carbocycles. The molecule has 0 amide bonds. The Kier molecular flexibility index (Phi) is 6.24. The van der Waals surface area contributed by atoms with E-state index in [0.29, 0.717) is 28.0 Å². The molecule has 0 bridgehead atoms. The molecule has 0 unspecified atom stereocenters. The SMILES string of the molecule is CC(C)Oc1cc(OC(=O)C(C)C)c2ccccc2c1OC(=O)C(C)C. The molecule has 2 rings (SSSR count). The van der Waals surface area contributed by atoms with Gasteiger partial charge in [0.25, 0.3) is 0 Å². The second-order valence-electron chi connectivity index (χ2n) is 7.07. The zero-order valence-electron chi connectivity index (χ0n) is 16.2. The molecule has 0 saturated carbocycles. The van der Waals surface area contributed by atoms with Gasteiger partial charge in [-0.05, 0) is 13.8 Å². The van der Waals surface area contributed by atoms with Crippen molar-refractivity contribution in [3.05, 3.63) is 30.3 Å². The molecule has 0 radical (unpaired) electrons. The van der Waals surface area contributed by atoms with Crippen molar-refractivity contribution in [3.8, 4) is 17.2 Å². The van der Waals surface area contributed by atoms with Crippen LogP contribution in [0.1, 0.15) is 41.5 Å². The number of carbonyl (C=O) groups excluding carboxylic acids is 2. The van der Waals surface area contributed by atoms with Gasteiger partial charge in [0.15, 0.2) is 11.5 Å². The molecular formula is C21H26O5. The van der Waals surface area contributed by atoms with Crippen LogP contribution in [0.5, 0.6) is 17.2 Å². The second kappa shape index (κ2) is 8.21. The van der Waals surface area contributed by atoms with Gasteiger partial charge in [-0.15, -0.1) is 0 Å². The van der Waals surface area contributed by atoms with E-state index in [4.69, 9.17) is 14.2 Å². The normalized spacial score (nSPS) is 11.3. The summed E-state index contributed by atoms with van der Waals surface area (Å²) in [7, 11) is 0. The van der Waals surface area contributed by atoms with Crippen molar-refractivity contribution in [2.75, 3.05) is 0 Å². The van der Waals surface area contributed by atoms with Crippen LogP contribution in [0, 0.1) is 11.8 Å². The molecule has 0 aromatic heterocycles. The number of rotatable bonds is 6. The smallest absolute Gasteiger partial charge is 0.313 e. The first-order valence-electron chi connectivity index (χ1n) is 8.86. The summed E-state index contributed by atoms with van der Waals surface area (Å²) in [6, 6.07) is 8.93. The van der Waals surface area contributed by atoms with E-state index in [1.165, 1.54) is 0 Å². The minimum Gasteiger partial charge on any atom is -0.487 e. The topological polar surface area (TPSA) is 61.8 Å². The van der Waals surface area contributed by atoms with Crippen LogP contribution >= 0.6 is 0 Å². The third-order valence-electron chi connectivity index (χ3n) is 3.64. The first-order valence-corrected chi connectivity index (χ1v) is 8.86. The molecule has 5 heteroatoms. The Morgan fingerprint density at radius 2 is 1.31 bits per heavy atom. The van der Waals surface area contributed by atoms with Crippen LogP contribution in [-0.4, -0.2) is 18.0 Å². The van der Waals surface area contributed by atoms with Crippen molar-refractivity contribution < 1.29 is 23.8 Å². The number of hydrogen-bond donors (Lipinski definition) is 0. The van der Waals surface area contributed by atoms with Crippen molar-refractivity contribution in [1.29, 1.82) is 0 Å². The van der Waals surface area contributed by atoms with Crippen molar-refractivity contribution in [1.82, 2.24) is 0 Å². The molecule has 2 aromatic rings. The highest BCUT2D eigenvalue weighted by Gasteiger charge is 2.22. The molecule has 0 heterocycles. The third-order valence-corrected chi connectivity index (χ3v) is 3.64. The first kappa shape index (κ1) is 19.8. The fourth-order valence-electron chi connectivity index (χ4n) is 2.27. The fraction of sp³-hybridized carbons (Fsp3) is 0.429. The summed E-state index contributed by atoms with van der Waals surface area (Å²) in [6.07, 6.45) is -0.138. The minimum atomic E-state index is -0.351. The first-order chi connectivity index (χ1) is 12.2. The van der Waals surface area contributed by atoms with E-state index in [1.54, 1.807) is 33.8 Å². The Bertz CT molecular complexity index is 805. The van der Waals surface area contributed by atoms with Gasteiger partial charge in [-0.3, -0.25) is 9.59 Å². The van der Waals surface area contributed by atoms with Crippen LogP contribution in [-0.2, 0) is 9.59 Å². The highest BCUT2D eigenvalue weighted by Crippen LogP contribution is 2.42. The number of carbonyl (C=O) groups is 2. The lowest BCUT2D eigenvalue weighted by molar-refractivity contribution is -0.138. The van der Waals surface area contributed by atoms with E-state index < -0.39 is 0 Å². The van der Waals surface area contributed by atoms with Crippen LogP contribution in [0.25, 0.3) is 10.8 Å². The Labute approximate surface area is 154 Å². The van der Waals surface area contributed by atoms with E-state index >= 15 is 0 Å². The average Bonchev–Trinajstić information content (AvgIpc) is 2.57. The Balaban J connectivity index is 2.64. The predicted octanol–water partition coefficient (Wildman–Crippen LogP) is 4.75. The largest absolute Gasteiger partial charge is 0.487 e. The Morgan fingerprint density at radius 3 is 1.85 bits per heavy atom. The van der Waals surface area contributed by atoms with Gasteiger partial charge < -0.3 is 14.2 Å². The number of ether oxygens (including phenoxy) is 3. The summed E-state index contributed by atoms with van der Waals surface area (Å²) in [6.45, 7) is 10.8. The van der Waals surface area contributed by atoms with Crippen molar-refractivity contribution >= 4 is 22.7 Å². The zero-order chi connectivity index (χ0) is 19.4. The van der Waals surface area contributed by atoms with Crippen LogP contribution < -0.4 is 14.2 Å².